The van der Waals surface area contributed by atoms with E-state index < -0.39 is 0 Å². The van der Waals surface area contributed by atoms with Gasteiger partial charge in [0.15, 0.2) is 0 Å². The molecule has 0 spiro atoms. The maximum atomic E-state index is 10.6. The normalized spacial score (nSPS) is 10.5. The van der Waals surface area contributed by atoms with Crippen molar-refractivity contribution in [3.05, 3.63) is 23.5 Å². The lowest BCUT2D eigenvalue weighted by molar-refractivity contribution is -0.118. The average molecular weight is 206 g/mol. The number of hydrogen-bond acceptors (Lipinski definition) is 4. The lowest BCUT2D eigenvalue weighted by Crippen LogP contribution is -2.19. The minimum Gasteiger partial charge on any atom is -0.368 e. The molecule has 5 heteroatoms. The van der Waals surface area contributed by atoms with Crippen LogP contribution < -0.4 is 11.1 Å². The maximum Gasteiger partial charge on any atom is 0.220 e. The second kappa shape index (κ2) is 5.09. The van der Waals surface area contributed by atoms with Gasteiger partial charge in [-0.25, -0.2) is 9.97 Å². The van der Waals surface area contributed by atoms with Crippen molar-refractivity contribution in [1.29, 1.82) is 0 Å². The molecular formula is C10H14N4O. The number of nitrogens with two attached hydrogens (primary N) is 1. The lowest BCUT2D eigenvalue weighted by Gasteiger charge is -1.99. The fourth-order valence-electron chi connectivity index (χ4n) is 1.05. The molecule has 1 rings (SSSR count). The van der Waals surface area contributed by atoms with E-state index in [1.54, 1.807) is 6.20 Å². The summed E-state index contributed by atoms with van der Waals surface area (Å²) in [5.74, 6) is 0.219. The Balaban J connectivity index is 2.60. The lowest BCUT2D eigenvalue weighted by atomic mass is 10.2. The molecule has 0 bridgehead atoms. The summed E-state index contributed by atoms with van der Waals surface area (Å²) in [4.78, 5) is 18.5. The molecule has 0 aromatic carbocycles. The molecule has 3 N–H and O–H groups in total. The van der Waals surface area contributed by atoms with Crippen LogP contribution in [0.15, 0.2) is 12.3 Å². The molecule has 0 aliphatic heterocycles. The number of carbonyl (C=O) groups excluding carboxylic acids is 1. The monoisotopic (exact) mass is 206 g/mol. The summed E-state index contributed by atoms with van der Waals surface area (Å²) in [6.45, 7) is 3.83. The molecule has 0 unspecified atom stereocenters. The van der Waals surface area contributed by atoms with Gasteiger partial charge in [-0.05, 0) is 6.92 Å². The highest BCUT2D eigenvalue weighted by Gasteiger charge is 1.96. The molecular weight excluding hydrogens is 192 g/mol. The summed E-state index contributed by atoms with van der Waals surface area (Å²) < 4.78 is 0. The van der Waals surface area contributed by atoms with Crippen LogP contribution in [0.4, 0.5) is 5.95 Å². The molecule has 0 aliphatic carbocycles. The van der Waals surface area contributed by atoms with Crippen molar-refractivity contribution in [3.63, 3.8) is 0 Å². The van der Waals surface area contributed by atoms with E-state index in [0.29, 0.717) is 6.54 Å². The Bertz CT molecular complexity index is 387. The third kappa shape index (κ3) is 3.76. The zero-order chi connectivity index (χ0) is 11.3. The fraction of sp³-hybridized carbons (Fsp3) is 0.300. The van der Waals surface area contributed by atoms with Gasteiger partial charge in [-0.15, -0.1) is 0 Å². The Morgan fingerprint density at radius 3 is 3.00 bits per heavy atom. The van der Waals surface area contributed by atoms with Gasteiger partial charge in [-0.1, -0.05) is 12.2 Å². The number of carbonyl (C=O) groups is 1. The Morgan fingerprint density at radius 2 is 2.40 bits per heavy atom. The highest BCUT2D eigenvalue weighted by molar-refractivity contribution is 5.73. The summed E-state index contributed by atoms with van der Waals surface area (Å²) in [7, 11) is 0. The summed E-state index contributed by atoms with van der Waals surface area (Å²) in [6, 6.07) is 0. The summed E-state index contributed by atoms with van der Waals surface area (Å²) >= 11 is 0. The molecule has 1 aromatic heterocycles. The standard InChI is InChI=1S/C10H14N4O/c1-7-9(6-13-10(11)14-7)4-3-5-12-8(2)15/h3-4,6H,5H2,1-2H3,(H,12,15)(H2,11,13,14). The predicted octanol–water partition coefficient (Wildman–Crippen LogP) is 0.517. The van der Waals surface area contributed by atoms with Crippen LogP contribution in [-0.2, 0) is 4.79 Å². The van der Waals surface area contributed by atoms with E-state index in [-0.39, 0.29) is 11.9 Å². The largest absolute Gasteiger partial charge is 0.368 e. The highest BCUT2D eigenvalue weighted by Crippen LogP contribution is 2.06. The number of hydrogen-bond donors (Lipinski definition) is 2. The van der Waals surface area contributed by atoms with Gasteiger partial charge in [-0.2, -0.15) is 0 Å². The van der Waals surface area contributed by atoms with Crippen LogP contribution in [0.3, 0.4) is 0 Å². The fourth-order valence-corrected chi connectivity index (χ4v) is 1.05. The van der Waals surface area contributed by atoms with Crippen molar-refractivity contribution in [2.24, 2.45) is 0 Å². The summed E-state index contributed by atoms with van der Waals surface area (Å²) in [5, 5.41) is 2.66. The maximum absolute atomic E-state index is 10.6. The molecule has 1 heterocycles. The minimum absolute atomic E-state index is 0.0510. The second-order valence-electron chi connectivity index (χ2n) is 3.11. The first-order valence-corrected chi connectivity index (χ1v) is 4.59. The number of nitrogen functional groups attached to an aromatic ring is 1. The Kier molecular flexibility index (Phi) is 3.79. The number of nitrogens with zero attached hydrogens (tertiary/aromatic N) is 2. The first-order valence-electron chi connectivity index (χ1n) is 4.59. The van der Waals surface area contributed by atoms with Crippen LogP contribution in [0.2, 0.25) is 0 Å². The Labute approximate surface area is 88.4 Å². The molecule has 1 amide bonds. The Hall–Kier alpha value is -1.91. The highest BCUT2D eigenvalue weighted by atomic mass is 16.1. The van der Waals surface area contributed by atoms with E-state index in [0.717, 1.165) is 11.3 Å². The first kappa shape index (κ1) is 11.2. The van der Waals surface area contributed by atoms with Gasteiger partial charge in [-0.3, -0.25) is 4.79 Å². The van der Waals surface area contributed by atoms with E-state index in [1.165, 1.54) is 6.92 Å². The van der Waals surface area contributed by atoms with Gasteiger partial charge in [0.25, 0.3) is 0 Å². The number of aromatic nitrogens is 2. The van der Waals surface area contributed by atoms with Crippen molar-refractivity contribution >= 4 is 17.9 Å². The van der Waals surface area contributed by atoms with Crippen LogP contribution in [0.25, 0.3) is 6.08 Å². The molecule has 80 valence electrons. The van der Waals surface area contributed by atoms with Crippen LogP contribution in [0, 0.1) is 6.92 Å². The van der Waals surface area contributed by atoms with Gasteiger partial charge in [0, 0.05) is 25.2 Å². The van der Waals surface area contributed by atoms with Gasteiger partial charge in [0.2, 0.25) is 11.9 Å². The molecule has 1 aromatic rings. The molecule has 0 radical (unpaired) electrons. The molecule has 0 atom stereocenters. The Morgan fingerprint density at radius 1 is 1.67 bits per heavy atom. The van der Waals surface area contributed by atoms with Crippen molar-refractivity contribution < 1.29 is 4.79 Å². The summed E-state index contributed by atoms with van der Waals surface area (Å²) in [6.07, 6.45) is 5.34. The SMILES string of the molecule is CC(=O)NCC=Cc1cnc(N)nc1C. The van der Waals surface area contributed by atoms with Gasteiger partial charge in [0.05, 0.1) is 5.69 Å². The molecule has 5 nitrogen and oxygen atoms in total. The quantitative estimate of drug-likeness (QED) is 0.755. The van der Waals surface area contributed by atoms with Crippen molar-refractivity contribution in [2.75, 3.05) is 12.3 Å². The van der Waals surface area contributed by atoms with E-state index in [1.807, 2.05) is 19.1 Å². The van der Waals surface area contributed by atoms with Crippen LogP contribution in [0.1, 0.15) is 18.2 Å². The third-order valence-corrected chi connectivity index (χ3v) is 1.80. The second-order valence-corrected chi connectivity index (χ2v) is 3.11. The topological polar surface area (TPSA) is 80.9 Å². The predicted molar refractivity (Wildman–Crippen MR) is 58.9 cm³/mol. The molecule has 0 aliphatic rings. The molecule has 0 saturated heterocycles. The van der Waals surface area contributed by atoms with Crippen molar-refractivity contribution in [3.8, 4) is 0 Å². The van der Waals surface area contributed by atoms with E-state index in [9.17, 15) is 4.79 Å². The molecule has 0 fully saturated rings. The van der Waals surface area contributed by atoms with Gasteiger partial charge >= 0.3 is 0 Å². The minimum atomic E-state index is -0.0510. The smallest absolute Gasteiger partial charge is 0.220 e. The van der Waals surface area contributed by atoms with Crippen LogP contribution >= 0.6 is 0 Å². The number of nitrogens with one attached hydrogen (secondary N) is 1. The van der Waals surface area contributed by atoms with Crippen molar-refractivity contribution in [1.82, 2.24) is 15.3 Å². The zero-order valence-corrected chi connectivity index (χ0v) is 8.82. The van der Waals surface area contributed by atoms with Gasteiger partial charge in [0.1, 0.15) is 0 Å². The van der Waals surface area contributed by atoms with Crippen LogP contribution in [-0.4, -0.2) is 22.4 Å². The van der Waals surface area contributed by atoms with Crippen molar-refractivity contribution in [2.45, 2.75) is 13.8 Å². The number of amides is 1. The molecule has 0 saturated carbocycles. The first-order chi connectivity index (χ1) is 7.09. The van der Waals surface area contributed by atoms with E-state index >= 15 is 0 Å². The van der Waals surface area contributed by atoms with Crippen LogP contribution in [0.5, 0.6) is 0 Å². The zero-order valence-electron chi connectivity index (χ0n) is 8.82. The van der Waals surface area contributed by atoms with E-state index in [2.05, 4.69) is 15.3 Å². The molecule has 15 heavy (non-hydrogen) atoms. The van der Waals surface area contributed by atoms with E-state index in [4.69, 9.17) is 5.73 Å². The number of aryl methyl sites for hydroxylation is 1. The average Bonchev–Trinajstić information content (AvgIpc) is 2.14. The number of rotatable bonds is 3. The third-order valence-electron chi connectivity index (χ3n) is 1.80. The van der Waals surface area contributed by atoms with Gasteiger partial charge < -0.3 is 11.1 Å². The summed E-state index contributed by atoms with van der Waals surface area (Å²) in [5.41, 5.74) is 7.14. The number of anilines is 1.